The number of thiophene rings is 1. The summed E-state index contributed by atoms with van der Waals surface area (Å²) in [5.74, 6) is 1.15. The van der Waals surface area contributed by atoms with Crippen LogP contribution in [0.15, 0.2) is 6.20 Å². The molecule has 1 aliphatic rings. The fourth-order valence-electron chi connectivity index (χ4n) is 3.37. The first-order chi connectivity index (χ1) is 12.1. The number of hydrogen-bond donors (Lipinski definition) is 2. The van der Waals surface area contributed by atoms with Gasteiger partial charge in [0.2, 0.25) is 0 Å². The Kier molecular flexibility index (Phi) is 3.91. The van der Waals surface area contributed by atoms with Gasteiger partial charge >= 0.3 is 5.97 Å². The number of aromatic nitrogens is 4. The fraction of sp³-hybridized carbons (Fsp3) is 0.412. The van der Waals surface area contributed by atoms with Gasteiger partial charge in [-0.3, -0.25) is 5.10 Å². The van der Waals surface area contributed by atoms with E-state index in [-0.39, 0.29) is 12.0 Å². The van der Waals surface area contributed by atoms with E-state index in [4.69, 9.17) is 4.74 Å². The molecular formula is C17H19N5O2S. The van der Waals surface area contributed by atoms with Crippen LogP contribution in [0.4, 0.5) is 5.82 Å². The SMILES string of the molecule is COC(=O)c1sc2nc(C)nc(NC3CCc4[nH]ncc4C3)c2c1C. The van der Waals surface area contributed by atoms with E-state index >= 15 is 0 Å². The third-order valence-electron chi connectivity index (χ3n) is 4.63. The van der Waals surface area contributed by atoms with Crippen molar-refractivity contribution < 1.29 is 9.53 Å². The second-order valence-corrected chi connectivity index (χ2v) is 7.30. The Morgan fingerprint density at radius 2 is 2.24 bits per heavy atom. The van der Waals surface area contributed by atoms with Crippen molar-refractivity contribution in [3.05, 3.63) is 33.7 Å². The van der Waals surface area contributed by atoms with Crippen LogP contribution in [0.1, 0.15) is 38.7 Å². The molecule has 1 aliphatic carbocycles. The number of H-pyrrole nitrogens is 1. The van der Waals surface area contributed by atoms with Crippen LogP contribution in [0.25, 0.3) is 10.2 Å². The molecule has 0 aliphatic heterocycles. The molecule has 0 aromatic carbocycles. The molecule has 1 atom stereocenters. The lowest BCUT2D eigenvalue weighted by Gasteiger charge is -2.23. The number of rotatable bonds is 3. The number of nitrogens with zero attached hydrogens (tertiary/aromatic N) is 3. The molecule has 4 rings (SSSR count). The van der Waals surface area contributed by atoms with Crippen LogP contribution in [0, 0.1) is 13.8 Å². The zero-order valence-electron chi connectivity index (χ0n) is 14.3. The molecule has 3 aromatic heterocycles. The zero-order valence-corrected chi connectivity index (χ0v) is 15.2. The van der Waals surface area contributed by atoms with Gasteiger partial charge in [-0.25, -0.2) is 14.8 Å². The van der Waals surface area contributed by atoms with E-state index in [2.05, 4.69) is 25.5 Å². The van der Waals surface area contributed by atoms with Crippen LogP contribution in [-0.4, -0.2) is 39.3 Å². The molecule has 8 heteroatoms. The Balaban J connectivity index is 1.72. The minimum absolute atomic E-state index is 0.281. The normalized spacial score (nSPS) is 16.7. The Morgan fingerprint density at radius 1 is 1.40 bits per heavy atom. The maximum atomic E-state index is 12.0. The predicted octanol–water partition coefficient (Wildman–Crippen LogP) is 2.79. The van der Waals surface area contributed by atoms with Crippen molar-refractivity contribution in [1.29, 1.82) is 0 Å². The van der Waals surface area contributed by atoms with Gasteiger partial charge < -0.3 is 10.1 Å². The third kappa shape index (κ3) is 2.76. The molecule has 2 N–H and O–H groups in total. The van der Waals surface area contributed by atoms with Gasteiger partial charge in [0.15, 0.2) is 0 Å². The van der Waals surface area contributed by atoms with Gasteiger partial charge in [-0.1, -0.05) is 0 Å². The Labute approximate surface area is 148 Å². The van der Waals surface area contributed by atoms with Gasteiger partial charge in [0, 0.05) is 11.7 Å². The first kappa shape index (κ1) is 16.0. The molecule has 0 saturated heterocycles. The second kappa shape index (κ2) is 6.11. The van der Waals surface area contributed by atoms with Crippen molar-refractivity contribution in [1.82, 2.24) is 20.2 Å². The summed E-state index contributed by atoms with van der Waals surface area (Å²) in [5.41, 5.74) is 3.35. The van der Waals surface area contributed by atoms with E-state index in [1.165, 1.54) is 29.7 Å². The number of hydrogen-bond acceptors (Lipinski definition) is 7. The number of anilines is 1. The molecule has 130 valence electrons. The maximum Gasteiger partial charge on any atom is 0.348 e. The number of aryl methyl sites for hydroxylation is 3. The van der Waals surface area contributed by atoms with Crippen molar-refractivity contribution in [2.75, 3.05) is 12.4 Å². The fourth-order valence-corrected chi connectivity index (χ4v) is 4.51. The summed E-state index contributed by atoms with van der Waals surface area (Å²) in [6, 6.07) is 0.281. The van der Waals surface area contributed by atoms with Crippen LogP contribution < -0.4 is 5.32 Å². The zero-order chi connectivity index (χ0) is 17.6. The molecule has 3 heterocycles. The molecule has 3 aromatic rings. The second-order valence-electron chi connectivity index (χ2n) is 6.31. The van der Waals surface area contributed by atoms with Crippen molar-refractivity contribution in [3.63, 3.8) is 0 Å². The van der Waals surface area contributed by atoms with Crippen LogP contribution in [-0.2, 0) is 17.6 Å². The largest absolute Gasteiger partial charge is 0.465 e. The quantitative estimate of drug-likeness (QED) is 0.700. The first-order valence-electron chi connectivity index (χ1n) is 8.20. The number of fused-ring (bicyclic) bond motifs is 2. The van der Waals surface area contributed by atoms with E-state index in [1.54, 1.807) is 0 Å². The lowest BCUT2D eigenvalue weighted by Crippen LogP contribution is -2.27. The van der Waals surface area contributed by atoms with Gasteiger partial charge in [0.25, 0.3) is 0 Å². The molecule has 0 fully saturated rings. The van der Waals surface area contributed by atoms with Gasteiger partial charge in [-0.2, -0.15) is 5.10 Å². The summed E-state index contributed by atoms with van der Waals surface area (Å²) in [7, 11) is 1.40. The molecule has 25 heavy (non-hydrogen) atoms. The van der Waals surface area contributed by atoms with E-state index < -0.39 is 0 Å². The summed E-state index contributed by atoms with van der Waals surface area (Å²) in [4.78, 5) is 22.5. The monoisotopic (exact) mass is 357 g/mol. The molecule has 0 saturated carbocycles. The highest BCUT2D eigenvalue weighted by Crippen LogP contribution is 2.35. The van der Waals surface area contributed by atoms with Crippen LogP contribution in [0.3, 0.4) is 0 Å². The van der Waals surface area contributed by atoms with Gasteiger partial charge in [-0.05, 0) is 44.2 Å². The lowest BCUT2D eigenvalue weighted by molar-refractivity contribution is 0.0605. The highest BCUT2D eigenvalue weighted by Gasteiger charge is 2.24. The highest BCUT2D eigenvalue weighted by molar-refractivity contribution is 7.20. The number of methoxy groups -OCH3 is 1. The minimum atomic E-state index is -0.329. The van der Waals surface area contributed by atoms with Crippen molar-refractivity contribution in [2.24, 2.45) is 0 Å². The van der Waals surface area contributed by atoms with E-state index in [1.807, 2.05) is 20.0 Å². The number of esters is 1. The third-order valence-corrected chi connectivity index (χ3v) is 5.80. The molecule has 7 nitrogen and oxygen atoms in total. The number of ether oxygens (including phenoxy) is 1. The number of carbonyl (C=O) groups excluding carboxylic acids is 1. The lowest BCUT2D eigenvalue weighted by atomic mass is 9.93. The van der Waals surface area contributed by atoms with Crippen LogP contribution >= 0.6 is 11.3 Å². The molecular weight excluding hydrogens is 338 g/mol. The summed E-state index contributed by atoms with van der Waals surface area (Å²) in [6.07, 6.45) is 4.78. The summed E-state index contributed by atoms with van der Waals surface area (Å²) >= 11 is 1.36. The molecule has 0 radical (unpaired) electrons. The first-order valence-corrected chi connectivity index (χ1v) is 9.02. The predicted molar refractivity (Wildman–Crippen MR) is 96.3 cm³/mol. The van der Waals surface area contributed by atoms with E-state index in [0.717, 1.165) is 40.9 Å². The molecule has 1 unspecified atom stereocenters. The Morgan fingerprint density at radius 3 is 3.04 bits per heavy atom. The Hall–Kier alpha value is -2.48. The van der Waals surface area contributed by atoms with Crippen molar-refractivity contribution in [3.8, 4) is 0 Å². The molecule has 0 bridgehead atoms. The maximum absolute atomic E-state index is 12.0. The minimum Gasteiger partial charge on any atom is -0.465 e. The number of nitrogens with one attached hydrogen (secondary N) is 2. The number of carbonyl (C=O) groups is 1. The van der Waals surface area contributed by atoms with Gasteiger partial charge in [-0.15, -0.1) is 11.3 Å². The van der Waals surface area contributed by atoms with Gasteiger partial charge in [0.1, 0.15) is 21.3 Å². The van der Waals surface area contributed by atoms with E-state index in [0.29, 0.717) is 10.7 Å². The molecule has 0 amide bonds. The smallest absolute Gasteiger partial charge is 0.348 e. The Bertz CT molecular complexity index is 962. The standard InChI is InChI=1S/C17H19N5O2S/c1-8-13-15(21-11-4-5-12-10(6-11)7-18-22-12)19-9(2)20-16(13)25-14(8)17(23)24-3/h7,11H,4-6H2,1-3H3,(H,18,22)(H,19,20,21). The van der Waals surface area contributed by atoms with Crippen molar-refractivity contribution in [2.45, 2.75) is 39.2 Å². The highest BCUT2D eigenvalue weighted by atomic mass is 32.1. The molecule has 0 spiro atoms. The van der Waals surface area contributed by atoms with E-state index in [9.17, 15) is 4.79 Å². The van der Waals surface area contributed by atoms with Gasteiger partial charge in [0.05, 0.1) is 18.7 Å². The van der Waals surface area contributed by atoms with Crippen molar-refractivity contribution >= 4 is 33.3 Å². The topological polar surface area (TPSA) is 92.8 Å². The summed E-state index contributed by atoms with van der Waals surface area (Å²) in [5, 5.41) is 11.7. The summed E-state index contributed by atoms with van der Waals surface area (Å²) in [6.45, 7) is 3.79. The average molecular weight is 357 g/mol. The average Bonchev–Trinajstić information content (AvgIpc) is 3.18. The van der Waals surface area contributed by atoms with Crippen LogP contribution in [0.5, 0.6) is 0 Å². The van der Waals surface area contributed by atoms with Crippen LogP contribution in [0.2, 0.25) is 0 Å². The number of aromatic amines is 1. The summed E-state index contributed by atoms with van der Waals surface area (Å²) < 4.78 is 4.89.